The fourth-order valence-corrected chi connectivity index (χ4v) is 14.3. The Morgan fingerprint density at radius 2 is 1.50 bits per heavy atom. The molecule has 7 aromatic heterocycles. The predicted molar refractivity (Wildman–Crippen MR) is 324 cm³/mol. The molecule has 1 saturated carbocycles. The number of rotatable bonds is 27. The van der Waals surface area contributed by atoms with Gasteiger partial charge in [0.15, 0.2) is 0 Å². The van der Waals surface area contributed by atoms with Crippen LogP contribution in [0.25, 0.3) is 43.4 Å². The zero-order chi connectivity index (χ0) is 59.6. The van der Waals surface area contributed by atoms with Crippen molar-refractivity contribution in [3.05, 3.63) is 111 Å². The molecule has 0 spiro atoms. The number of carbonyl (C=O) groups excluding carboxylic acids is 6. The highest BCUT2D eigenvalue weighted by Crippen LogP contribution is 2.40. The lowest BCUT2D eigenvalue weighted by atomic mass is 9.84. The van der Waals surface area contributed by atoms with Crippen LogP contribution >= 0.6 is 68.0 Å². The Morgan fingerprint density at radius 3 is 2.21 bits per heavy atom. The number of primary amides is 1. The topological polar surface area (TPSA) is 317 Å². The van der Waals surface area contributed by atoms with Crippen LogP contribution in [0.3, 0.4) is 0 Å². The second-order valence-corrected chi connectivity index (χ2v) is 25.7. The average Bonchev–Trinajstić information content (AvgIpc) is 2.51. The van der Waals surface area contributed by atoms with Crippen molar-refractivity contribution in [1.82, 2.24) is 56.2 Å². The fourth-order valence-electron chi connectivity index (χ4n) is 8.86. The van der Waals surface area contributed by atoms with Gasteiger partial charge >= 0.3 is 5.97 Å². The van der Waals surface area contributed by atoms with E-state index in [1.807, 2.05) is 48.9 Å². The molecule has 0 radical (unpaired) electrons. The molecule has 0 saturated heterocycles. The lowest BCUT2D eigenvalue weighted by Crippen LogP contribution is -2.40. The summed E-state index contributed by atoms with van der Waals surface area (Å²) in [5.74, 6) is -3.83. The fraction of sp³-hybridized carbons (Fsp3) is 0.357. The monoisotopic (exact) mass is 1250 g/mol. The van der Waals surface area contributed by atoms with Gasteiger partial charge in [0, 0.05) is 71.4 Å². The van der Waals surface area contributed by atoms with Gasteiger partial charge in [-0.05, 0) is 56.2 Å². The van der Waals surface area contributed by atoms with E-state index in [0.717, 1.165) is 54.1 Å². The number of carboxylic acid groups (broad SMARTS) is 1. The quantitative estimate of drug-likeness (QED) is 0.0280. The van der Waals surface area contributed by atoms with Crippen molar-refractivity contribution in [2.24, 2.45) is 17.6 Å². The summed E-state index contributed by atoms with van der Waals surface area (Å²) in [4.78, 5) is 128. The number of benzene rings is 1. The summed E-state index contributed by atoms with van der Waals surface area (Å²) in [5, 5.41) is 31.0. The number of aryl methyl sites for hydroxylation is 3. The summed E-state index contributed by atoms with van der Waals surface area (Å²) < 4.78 is 5.32. The van der Waals surface area contributed by atoms with Crippen LogP contribution in [0.15, 0.2) is 64.0 Å². The highest BCUT2D eigenvalue weighted by molar-refractivity contribution is 7.15. The van der Waals surface area contributed by atoms with Gasteiger partial charge in [0.2, 0.25) is 17.7 Å². The van der Waals surface area contributed by atoms with Gasteiger partial charge in [0.05, 0.1) is 47.2 Å². The number of hydrogen-bond donors (Lipinski definition) is 6. The molecule has 2 atom stereocenters. The summed E-state index contributed by atoms with van der Waals surface area (Å²) in [6, 6.07) is 12.2. The lowest BCUT2D eigenvalue weighted by molar-refractivity contribution is -0.137. The Labute approximate surface area is 506 Å². The third-order valence-corrected chi connectivity index (χ3v) is 19.2. The molecule has 1 unspecified atom stereocenters. The third kappa shape index (κ3) is 14.8. The number of thiazole rings is 6. The Morgan fingerprint density at radius 1 is 0.762 bits per heavy atom. The number of carbonyl (C=O) groups is 7. The Bertz CT molecular complexity index is 3700. The van der Waals surface area contributed by atoms with Crippen molar-refractivity contribution >= 4 is 115 Å². The number of anilines is 1. The number of methoxy groups -OCH3 is 1. The standard InChI is InChI=1S/C56H59N13O9S6/c1-28(2)44(55-68-47(38(84-55)23-78-5)49(75)59-22-39(57)70)66-50(76)45-29(3)83-54(67-45)34(21-41(71)58-4)62-48(74)36-25-80-51(64-36)32-17-18-33(52-65-40(27-82-52)69(20-10-15-43(72)73)56(77)31-13-9-14-31)61-46(32)35-24-81-53(63-35)37-26-79-42(60-37)19-16-30-11-7-6-8-12-30/h6-8,11-12,17-18,24-28,31,34,44H,9-10,13-16,19-23H2,1-5H3,(H2,57,70)(H,58,71)(H,59,75)(H,62,74)(H,66,76)(H,72,73)/t34-,44?/m0/s1. The molecule has 9 rings (SSSR count). The van der Waals surface area contributed by atoms with E-state index in [4.69, 9.17) is 35.4 Å². The zero-order valence-electron chi connectivity index (χ0n) is 46.3. The number of ether oxygens (including phenoxy) is 1. The number of aliphatic carboxylic acids is 1. The van der Waals surface area contributed by atoms with Gasteiger partial charge in [-0.1, -0.05) is 50.6 Å². The van der Waals surface area contributed by atoms with Crippen molar-refractivity contribution in [3.8, 4) is 43.4 Å². The van der Waals surface area contributed by atoms with Crippen molar-refractivity contribution in [1.29, 1.82) is 0 Å². The third-order valence-electron chi connectivity index (χ3n) is 13.5. The number of carboxylic acids is 1. The largest absolute Gasteiger partial charge is 0.481 e. The molecule has 7 heterocycles. The highest BCUT2D eigenvalue weighted by Gasteiger charge is 2.33. The summed E-state index contributed by atoms with van der Waals surface area (Å²) in [6.45, 7) is 5.34. The minimum absolute atomic E-state index is 0.0428. The molecule has 7 N–H and O–H groups in total. The van der Waals surface area contributed by atoms with Crippen LogP contribution in [-0.2, 0) is 43.4 Å². The van der Waals surface area contributed by atoms with E-state index in [1.165, 1.54) is 65.1 Å². The molecule has 8 aromatic rings. The van der Waals surface area contributed by atoms with Gasteiger partial charge < -0.3 is 36.8 Å². The molecular formula is C56H59N13O9S6. The molecule has 1 fully saturated rings. The molecule has 6 amide bonds. The normalized spacial score (nSPS) is 13.0. The molecule has 1 aliphatic rings. The van der Waals surface area contributed by atoms with Gasteiger partial charge in [-0.2, -0.15) is 0 Å². The summed E-state index contributed by atoms with van der Waals surface area (Å²) in [6.07, 6.45) is 4.09. The molecule has 28 heteroatoms. The first-order valence-electron chi connectivity index (χ1n) is 26.7. The van der Waals surface area contributed by atoms with Crippen LogP contribution in [0.5, 0.6) is 0 Å². The van der Waals surface area contributed by atoms with E-state index in [2.05, 4.69) is 43.4 Å². The molecule has 22 nitrogen and oxygen atoms in total. The van der Waals surface area contributed by atoms with Crippen LogP contribution in [0, 0.1) is 18.8 Å². The maximum atomic E-state index is 14.3. The Hall–Kier alpha value is -7.60. The van der Waals surface area contributed by atoms with E-state index in [9.17, 15) is 38.7 Å². The van der Waals surface area contributed by atoms with Crippen LogP contribution in [0.1, 0.15) is 126 Å². The number of aromatic nitrogens is 7. The number of amides is 6. The number of nitrogens with one attached hydrogen (secondary N) is 4. The first-order valence-corrected chi connectivity index (χ1v) is 31.9. The average molecular weight is 1250 g/mol. The van der Waals surface area contributed by atoms with Gasteiger partial charge in [0.1, 0.15) is 65.0 Å². The van der Waals surface area contributed by atoms with E-state index in [0.29, 0.717) is 63.3 Å². The Kier molecular flexibility index (Phi) is 20.2. The molecule has 0 bridgehead atoms. The molecule has 1 aliphatic carbocycles. The molecule has 0 aliphatic heterocycles. The van der Waals surface area contributed by atoms with Crippen molar-refractivity contribution in [2.75, 3.05) is 32.1 Å². The summed E-state index contributed by atoms with van der Waals surface area (Å²) >= 11 is 7.83. The first-order chi connectivity index (χ1) is 40.5. The minimum atomic E-state index is -0.986. The minimum Gasteiger partial charge on any atom is -0.481 e. The van der Waals surface area contributed by atoms with E-state index < -0.39 is 47.6 Å². The smallest absolute Gasteiger partial charge is 0.303 e. The van der Waals surface area contributed by atoms with Crippen molar-refractivity contribution < 1.29 is 43.4 Å². The maximum absolute atomic E-state index is 14.3. The summed E-state index contributed by atoms with van der Waals surface area (Å²) in [7, 11) is 2.94. The van der Waals surface area contributed by atoms with E-state index in [-0.39, 0.29) is 73.8 Å². The van der Waals surface area contributed by atoms with Crippen LogP contribution in [0.4, 0.5) is 5.82 Å². The first kappa shape index (κ1) is 61.0. The van der Waals surface area contributed by atoms with Gasteiger partial charge in [-0.15, -0.1) is 68.0 Å². The van der Waals surface area contributed by atoms with Crippen LogP contribution in [0.2, 0.25) is 0 Å². The SMILES string of the molecule is CNC(=O)C[C@H](NC(=O)c1csc(-c2ccc(-c3nc(N(CCCC(=O)O)C(=O)C4CCC4)cs3)nc2-c2csc(-c3csc(CCc4ccccc4)n3)n2)n1)c1nc(C(=O)NC(c2nc(C(=O)NCC(N)=O)c(COC)s2)C(C)C)c(C)s1. The number of hydrogen-bond acceptors (Lipinski definition) is 21. The zero-order valence-corrected chi connectivity index (χ0v) is 51.2. The molecule has 84 heavy (non-hydrogen) atoms. The lowest BCUT2D eigenvalue weighted by Gasteiger charge is -2.30. The van der Waals surface area contributed by atoms with E-state index in [1.54, 1.807) is 40.0 Å². The molecule has 438 valence electrons. The van der Waals surface area contributed by atoms with Crippen LogP contribution < -0.4 is 31.9 Å². The van der Waals surface area contributed by atoms with Crippen LogP contribution in [-0.4, -0.2) is 109 Å². The molecular weight excluding hydrogens is 1190 g/mol. The van der Waals surface area contributed by atoms with Gasteiger partial charge in [-0.25, -0.2) is 34.9 Å². The Balaban J connectivity index is 0.983. The van der Waals surface area contributed by atoms with Crippen molar-refractivity contribution in [3.63, 3.8) is 0 Å². The molecule has 1 aromatic carbocycles. The second kappa shape index (κ2) is 27.9. The van der Waals surface area contributed by atoms with Crippen molar-refractivity contribution in [2.45, 2.75) is 90.8 Å². The summed E-state index contributed by atoms with van der Waals surface area (Å²) in [5.41, 5.74) is 9.39. The van der Waals surface area contributed by atoms with E-state index >= 15 is 0 Å². The maximum Gasteiger partial charge on any atom is 0.303 e. The number of nitrogens with two attached hydrogens (primary N) is 1. The number of pyridine rings is 1. The predicted octanol–water partition coefficient (Wildman–Crippen LogP) is 8.68. The van der Waals surface area contributed by atoms with Gasteiger partial charge in [-0.3, -0.25) is 38.5 Å². The number of nitrogens with zero attached hydrogens (tertiary/aromatic N) is 8. The van der Waals surface area contributed by atoms with Gasteiger partial charge in [0.25, 0.3) is 17.7 Å². The second-order valence-electron chi connectivity index (χ2n) is 19.9. The highest BCUT2D eigenvalue weighted by atomic mass is 32.1.